The highest BCUT2D eigenvalue weighted by atomic mass is 16.1. The van der Waals surface area contributed by atoms with Gasteiger partial charge in [0.05, 0.1) is 23.8 Å². The largest absolute Gasteiger partial charge is 0.321 e. The molecular formula is C15H19N3O. The normalized spacial score (nSPS) is 12.4. The molecule has 100 valence electrons. The maximum Gasteiger partial charge on any atom is 0.182 e. The highest BCUT2D eigenvalue weighted by Gasteiger charge is 2.21. The molecule has 1 aromatic heterocycles. The van der Waals surface area contributed by atoms with Crippen LogP contribution in [0, 0.1) is 13.8 Å². The van der Waals surface area contributed by atoms with Crippen LogP contribution in [0.25, 0.3) is 0 Å². The number of aryl methyl sites for hydroxylation is 1. The Morgan fingerprint density at radius 1 is 1.32 bits per heavy atom. The first kappa shape index (κ1) is 13.5. The minimum Gasteiger partial charge on any atom is -0.321 e. The molecule has 0 bridgehead atoms. The zero-order chi connectivity index (χ0) is 14.0. The van der Waals surface area contributed by atoms with Crippen molar-refractivity contribution < 1.29 is 4.79 Å². The zero-order valence-electron chi connectivity index (χ0n) is 11.6. The maximum atomic E-state index is 12.1. The van der Waals surface area contributed by atoms with E-state index in [1.807, 2.05) is 48.9 Å². The van der Waals surface area contributed by atoms with Gasteiger partial charge in [-0.2, -0.15) is 5.10 Å². The standard InChI is InChI=1S/C15H19N3O/c1-10(16)15(19)14-11(2)17-18(12(14)3)9-13-7-5-4-6-8-13/h4-8,10H,9,16H2,1-3H3. The van der Waals surface area contributed by atoms with Crippen LogP contribution in [0.5, 0.6) is 0 Å². The number of carbonyl (C=O) groups excluding carboxylic acids is 1. The van der Waals surface area contributed by atoms with Crippen molar-refractivity contribution in [2.24, 2.45) is 5.73 Å². The third kappa shape index (κ3) is 2.74. The second kappa shape index (κ2) is 5.36. The van der Waals surface area contributed by atoms with Crippen LogP contribution in [0.3, 0.4) is 0 Å². The molecule has 0 aliphatic rings. The van der Waals surface area contributed by atoms with Gasteiger partial charge >= 0.3 is 0 Å². The van der Waals surface area contributed by atoms with E-state index in [1.54, 1.807) is 6.92 Å². The number of hydrogen-bond acceptors (Lipinski definition) is 3. The number of aromatic nitrogens is 2. The molecule has 4 heteroatoms. The fourth-order valence-corrected chi connectivity index (χ4v) is 2.19. The Morgan fingerprint density at radius 3 is 2.53 bits per heavy atom. The Labute approximate surface area is 113 Å². The van der Waals surface area contributed by atoms with E-state index in [2.05, 4.69) is 5.10 Å². The van der Waals surface area contributed by atoms with Gasteiger partial charge in [-0.25, -0.2) is 0 Å². The van der Waals surface area contributed by atoms with E-state index in [-0.39, 0.29) is 5.78 Å². The van der Waals surface area contributed by atoms with Crippen LogP contribution in [0.2, 0.25) is 0 Å². The lowest BCUT2D eigenvalue weighted by Crippen LogP contribution is -2.27. The second-order valence-corrected chi connectivity index (χ2v) is 4.84. The summed E-state index contributed by atoms with van der Waals surface area (Å²) < 4.78 is 1.86. The summed E-state index contributed by atoms with van der Waals surface area (Å²) in [5.74, 6) is -0.0469. The Morgan fingerprint density at radius 2 is 1.95 bits per heavy atom. The molecule has 1 unspecified atom stereocenters. The SMILES string of the molecule is Cc1nn(Cc2ccccc2)c(C)c1C(=O)C(C)N. The first-order valence-electron chi connectivity index (χ1n) is 6.38. The Hall–Kier alpha value is -1.94. The van der Waals surface area contributed by atoms with E-state index < -0.39 is 6.04 Å². The van der Waals surface area contributed by atoms with Crippen LogP contribution in [-0.4, -0.2) is 21.6 Å². The predicted molar refractivity (Wildman–Crippen MR) is 75.2 cm³/mol. The summed E-state index contributed by atoms with van der Waals surface area (Å²) in [5, 5.41) is 4.45. The van der Waals surface area contributed by atoms with Gasteiger partial charge in [-0.05, 0) is 26.3 Å². The number of hydrogen-bond donors (Lipinski definition) is 1. The van der Waals surface area contributed by atoms with Gasteiger partial charge in [-0.15, -0.1) is 0 Å². The summed E-state index contributed by atoms with van der Waals surface area (Å²) in [4.78, 5) is 12.1. The van der Waals surface area contributed by atoms with Crippen molar-refractivity contribution in [1.82, 2.24) is 9.78 Å². The molecule has 2 rings (SSSR count). The van der Waals surface area contributed by atoms with Crippen LogP contribution >= 0.6 is 0 Å². The quantitative estimate of drug-likeness (QED) is 0.853. The van der Waals surface area contributed by atoms with Crippen molar-refractivity contribution in [2.45, 2.75) is 33.4 Å². The number of carbonyl (C=O) groups is 1. The molecule has 0 aliphatic carbocycles. The zero-order valence-corrected chi connectivity index (χ0v) is 11.6. The van der Waals surface area contributed by atoms with Crippen molar-refractivity contribution in [2.75, 3.05) is 0 Å². The first-order chi connectivity index (χ1) is 9.00. The minimum atomic E-state index is -0.494. The summed E-state index contributed by atoms with van der Waals surface area (Å²) in [6.07, 6.45) is 0. The van der Waals surface area contributed by atoms with E-state index >= 15 is 0 Å². The van der Waals surface area contributed by atoms with Gasteiger partial charge in [-0.1, -0.05) is 30.3 Å². The van der Waals surface area contributed by atoms with Gasteiger partial charge in [-0.3, -0.25) is 9.48 Å². The van der Waals surface area contributed by atoms with E-state index in [9.17, 15) is 4.79 Å². The van der Waals surface area contributed by atoms with Crippen molar-refractivity contribution >= 4 is 5.78 Å². The van der Waals surface area contributed by atoms with Gasteiger partial charge in [0.25, 0.3) is 0 Å². The summed E-state index contributed by atoms with van der Waals surface area (Å²) in [6, 6.07) is 9.57. The highest BCUT2D eigenvalue weighted by molar-refractivity contribution is 6.01. The lowest BCUT2D eigenvalue weighted by Gasteiger charge is -2.06. The summed E-state index contributed by atoms with van der Waals surface area (Å²) >= 11 is 0. The molecule has 0 saturated carbocycles. The Bertz CT molecular complexity index is 585. The van der Waals surface area contributed by atoms with E-state index in [1.165, 1.54) is 0 Å². The minimum absolute atomic E-state index is 0.0469. The highest BCUT2D eigenvalue weighted by Crippen LogP contribution is 2.16. The van der Waals surface area contributed by atoms with E-state index in [0.717, 1.165) is 17.0 Å². The van der Waals surface area contributed by atoms with Crippen molar-refractivity contribution in [3.05, 3.63) is 52.8 Å². The van der Waals surface area contributed by atoms with Gasteiger partial charge < -0.3 is 5.73 Å². The molecule has 0 saturated heterocycles. The average Bonchev–Trinajstić information content (AvgIpc) is 2.65. The maximum absolute atomic E-state index is 12.1. The van der Waals surface area contributed by atoms with Crippen LogP contribution in [0.15, 0.2) is 30.3 Å². The number of rotatable bonds is 4. The molecule has 4 nitrogen and oxygen atoms in total. The molecular weight excluding hydrogens is 238 g/mol. The lowest BCUT2D eigenvalue weighted by atomic mass is 10.0. The van der Waals surface area contributed by atoms with E-state index in [4.69, 9.17) is 5.73 Å². The molecule has 2 aromatic rings. The van der Waals surface area contributed by atoms with E-state index in [0.29, 0.717) is 12.1 Å². The summed E-state index contributed by atoms with van der Waals surface area (Å²) in [7, 11) is 0. The van der Waals surface area contributed by atoms with Gasteiger partial charge in [0, 0.05) is 5.69 Å². The monoisotopic (exact) mass is 257 g/mol. The fourth-order valence-electron chi connectivity index (χ4n) is 2.19. The number of Topliss-reactive ketones (excluding diaryl/α,β-unsaturated/α-hetero) is 1. The number of ketones is 1. The molecule has 1 atom stereocenters. The number of nitrogens with zero attached hydrogens (tertiary/aromatic N) is 2. The smallest absolute Gasteiger partial charge is 0.182 e. The van der Waals surface area contributed by atoms with Crippen LogP contribution in [0.4, 0.5) is 0 Å². The molecule has 2 N–H and O–H groups in total. The summed E-state index contributed by atoms with van der Waals surface area (Å²) in [6.45, 7) is 6.14. The van der Waals surface area contributed by atoms with Crippen LogP contribution in [0.1, 0.15) is 34.2 Å². The Balaban J connectivity index is 2.34. The van der Waals surface area contributed by atoms with Crippen molar-refractivity contribution in [1.29, 1.82) is 0 Å². The lowest BCUT2D eigenvalue weighted by molar-refractivity contribution is 0.0966. The molecule has 19 heavy (non-hydrogen) atoms. The molecule has 0 spiro atoms. The van der Waals surface area contributed by atoms with Gasteiger partial charge in [0.15, 0.2) is 5.78 Å². The summed E-state index contributed by atoms with van der Waals surface area (Å²) in [5.41, 5.74) is 9.12. The van der Waals surface area contributed by atoms with Crippen molar-refractivity contribution in [3.8, 4) is 0 Å². The van der Waals surface area contributed by atoms with Gasteiger partial charge in [0.2, 0.25) is 0 Å². The number of benzene rings is 1. The topological polar surface area (TPSA) is 60.9 Å². The molecule has 1 aromatic carbocycles. The third-order valence-corrected chi connectivity index (χ3v) is 3.22. The molecule has 0 amide bonds. The van der Waals surface area contributed by atoms with Crippen LogP contribution < -0.4 is 5.73 Å². The fraction of sp³-hybridized carbons (Fsp3) is 0.333. The van der Waals surface area contributed by atoms with Crippen LogP contribution in [-0.2, 0) is 6.54 Å². The van der Waals surface area contributed by atoms with Crippen molar-refractivity contribution in [3.63, 3.8) is 0 Å². The Kier molecular flexibility index (Phi) is 3.81. The number of nitrogens with two attached hydrogens (primary N) is 1. The second-order valence-electron chi connectivity index (χ2n) is 4.84. The predicted octanol–water partition coefficient (Wildman–Crippen LogP) is 2.08. The first-order valence-corrected chi connectivity index (χ1v) is 6.38. The molecule has 0 fully saturated rings. The molecule has 1 heterocycles. The molecule has 0 aliphatic heterocycles. The average molecular weight is 257 g/mol. The van der Waals surface area contributed by atoms with Gasteiger partial charge in [0.1, 0.15) is 0 Å². The third-order valence-electron chi connectivity index (χ3n) is 3.22. The molecule has 0 radical (unpaired) electrons.